The van der Waals surface area contributed by atoms with Crippen molar-refractivity contribution in [1.29, 1.82) is 0 Å². The van der Waals surface area contributed by atoms with Gasteiger partial charge in [-0.05, 0) is 70.7 Å². The van der Waals surface area contributed by atoms with Crippen molar-refractivity contribution < 1.29 is 31.9 Å². The topological polar surface area (TPSA) is 72.6 Å². The third kappa shape index (κ3) is 5.24. The Morgan fingerprint density at radius 3 is 2.34 bits per heavy atom. The predicted octanol–water partition coefficient (Wildman–Crippen LogP) is 6.86. The minimum absolute atomic E-state index is 0.169. The van der Waals surface area contributed by atoms with Crippen molar-refractivity contribution in [1.82, 2.24) is 4.98 Å². The second-order valence-corrected chi connectivity index (χ2v) is 10.5. The summed E-state index contributed by atoms with van der Waals surface area (Å²) >= 11 is 0. The number of carbonyl (C=O) groups is 2. The zero-order valence-corrected chi connectivity index (χ0v) is 22.3. The van der Waals surface area contributed by atoms with Crippen LogP contribution in [0.15, 0.2) is 71.1 Å². The van der Waals surface area contributed by atoms with Gasteiger partial charge in [0.05, 0.1) is 12.7 Å². The van der Waals surface area contributed by atoms with E-state index in [1.165, 1.54) is 12.7 Å². The summed E-state index contributed by atoms with van der Waals surface area (Å²) < 4.78 is 52.1. The van der Waals surface area contributed by atoms with Gasteiger partial charge in [-0.25, -0.2) is 4.79 Å². The van der Waals surface area contributed by atoms with E-state index in [-0.39, 0.29) is 12.4 Å². The average Bonchev–Trinajstić information content (AvgIpc) is 3.59. The first-order valence-corrected chi connectivity index (χ1v) is 13.5. The lowest BCUT2D eigenvalue weighted by molar-refractivity contribution is -0.141. The van der Waals surface area contributed by atoms with Crippen LogP contribution in [0.25, 0.3) is 11.1 Å². The summed E-state index contributed by atoms with van der Waals surface area (Å²) in [6.07, 6.45) is -3.06. The fraction of sp³-hybridized carbons (Fsp3) is 0.281. The number of methoxy groups -OCH3 is 1. The van der Waals surface area contributed by atoms with Crippen LogP contribution >= 0.6 is 0 Å². The van der Waals surface area contributed by atoms with E-state index < -0.39 is 29.4 Å². The zero-order valence-electron chi connectivity index (χ0n) is 22.3. The Hall–Kier alpha value is -4.40. The molecule has 1 saturated heterocycles. The van der Waals surface area contributed by atoms with Crippen LogP contribution in [0.3, 0.4) is 0 Å². The molecule has 6 nitrogen and oxygen atoms in total. The number of Topliss-reactive ketones (excluding diaryl/α,β-unsaturated/α-hetero) is 1. The quantitative estimate of drug-likeness (QED) is 0.167. The van der Waals surface area contributed by atoms with Gasteiger partial charge in [0.2, 0.25) is 11.5 Å². The number of alkyl halides is 3. The maximum atomic E-state index is 13.9. The Morgan fingerprint density at radius 2 is 1.66 bits per heavy atom. The molecule has 4 aromatic rings. The number of aromatic nitrogens is 1. The summed E-state index contributed by atoms with van der Waals surface area (Å²) in [6, 6.07) is 20.6. The number of halogens is 3. The number of esters is 1. The lowest BCUT2D eigenvalue weighted by Crippen LogP contribution is -2.33. The first-order chi connectivity index (χ1) is 19.7. The number of rotatable bonds is 6. The number of ether oxygens (including phenoxy) is 1. The SMILES string of the molecule is COC(=O)c1ccc2c(c1)Cc1cc(CC(=O)c3oc(N4CCC(c5ccccc5)CC4)nc3C(F)(F)F)ccc1-2. The molecule has 0 radical (unpaired) electrons. The second kappa shape index (κ2) is 10.5. The number of anilines is 1. The van der Waals surface area contributed by atoms with E-state index in [1.807, 2.05) is 36.4 Å². The van der Waals surface area contributed by atoms with Crippen LogP contribution < -0.4 is 4.90 Å². The molecule has 6 rings (SSSR count). The smallest absolute Gasteiger partial charge is 0.437 e. The Labute approximate surface area is 234 Å². The summed E-state index contributed by atoms with van der Waals surface area (Å²) in [7, 11) is 1.32. The van der Waals surface area contributed by atoms with Gasteiger partial charge in [-0.1, -0.05) is 54.6 Å². The van der Waals surface area contributed by atoms with Crippen LogP contribution in [0.1, 0.15) is 67.6 Å². The highest BCUT2D eigenvalue weighted by atomic mass is 19.4. The largest absolute Gasteiger partial charge is 0.465 e. The molecule has 1 aliphatic carbocycles. The molecular formula is C32H27F3N2O4. The molecule has 0 bridgehead atoms. The van der Waals surface area contributed by atoms with Gasteiger partial charge in [0.1, 0.15) is 0 Å². The highest BCUT2D eigenvalue weighted by Crippen LogP contribution is 2.39. The lowest BCUT2D eigenvalue weighted by atomic mass is 9.90. The number of fused-ring (bicyclic) bond motifs is 3. The van der Waals surface area contributed by atoms with Gasteiger partial charge in [0.25, 0.3) is 6.01 Å². The van der Waals surface area contributed by atoms with Crippen molar-refractivity contribution in [2.24, 2.45) is 0 Å². The number of hydrogen-bond acceptors (Lipinski definition) is 6. The molecule has 9 heteroatoms. The van der Waals surface area contributed by atoms with Crippen molar-refractivity contribution in [3.05, 3.63) is 106 Å². The molecule has 0 spiro atoms. The van der Waals surface area contributed by atoms with Gasteiger partial charge in [-0.15, -0.1) is 0 Å². The maximum absolute atomic E-state index is 13.9. The predicted molar refractivity (Wildman–Crippen MR) is 146 cm³/mol. The van der Waals surface area contributed by atoms with Crippen molar-refractivity contribution in [3.8, 4) is 11.1 Å². The van der Waals surface area contributed by atoms with E-state index in [9.17, 15) is 22.8 Å². The Morgan fingerprint density at radius 1 is 0.976 bits per heavy atom. The fourth-order valence-corrected chi connectivity index (χ4v) is 5.84. The molecule has 0 saturated carbocycles. The Kier molecular flexibility index (Phi) is 6.89. The summed E-state index contributed by atoms with van der Waals surface area (Å²) in [4.78, 5) is 30.5. The maximum Gasteiger partial charge on any atom is 0.437 e. The Balaban J connectivity index is 1.19. The molecule has 0 unspecified atom stereocenters. The van der Waals surface area contributed by atoms with Crippen molar-refractivity contribution in [3.63, 3.8) is 0 Å². The highest BCUT2D eigenvalue weighted by molar-refractivity contribution is 5.96. The number of carbonyl (C=O) groups excluding carboxylic acids is 2. The van der Waals surface area contributed by atoms with E-state index >= 15 is 0 Å². The van der Waals surface area contributed by atoms with Gasteiger partial charge in [-0.3, -0.25) is 4.79 Å². The standard InChI is InChI=1S/C32H27F3N2O4/c1-40-30(39)22-8-10-26-24(17-22)18-23-15-19(7-9-25(23)26)16-27(38)28-29(32(33,34)35)36-31(41-28)37-13-11-21(12-14-37)20-5-3-2-4-6-20/h2-10,15,17,21H,11-14,16,18H2,1H3. The molecule has 41 heavy (non-hydrogen) atoms. The average molecular weight is 561 g/mol. The number of piperidine rings is 1. The first-order valence-electron chi connectivity index (χ1n) is 13.5. The van der Waals surface area contributed by atoms with Gasteiger partial charge in [-0.2, -0.15) is 18.2 Å². The minimum Gasteiger partial charge on any atom is -0.465 e. The summed E-state index contributed by atoms with van der Waals surface area (Å²) in [5.74, 6) is -1.66. The summed E-state index contributed by atoms with van der Waals surface area (Å²) in [5.41, 5.74) is 4.75. The van der Waals surface area contributed by atoms with Gasteiger partial charge in [0, 0.05) is 19.5 Å². The molecule has 1 aromatic heterocycles. The molecule has 3 aromatic carbocycles. The number of hydrogen-bond donors (Lipinski definition) is 0. The third-order valence-corrected chi connectivity index (χ3v) is 7.91. The van der Waals surface area contributed by atoms with Gasteiger partial charge in [0.15, 0.2) is 5.69 Å². The monoisotopic (exact) mass is 560 g/mol. The van der Waals surface area contributed by atoms with Crippen molar-refractivity contribution >= 4 is 17.8 Å². The van der Waals surface area contributed by atoms with Crippen LogP contribution in [-0.4, -0.2) is 36.9 Å². The molecule has 0 amide bonds. The van der Waals surface area contributed by atoms with E-state index in [2.05, 4.69) is 17.1 Å². The molecule has 2 heterocycles. The van der Waals surface area contributed by atoms with Crippen LogP contribution in [0.2, 0.25) is 0 Å². The zero-order chi connectivity index (χ0) is 28.7. The van der Waals surface area contributed by atoms with Crippen LogP contribution in [-0.2, 0) is 23.8 Å². The first kappa shape index (κ1) is 26.8. The molecule has 2 aliphatic rings. The summed E-state index contributed by atoms with van der Waals surface area (Å²) in [5, 5.41) is 0. The molecule has 1 fully saturated rings. The van der Waals surface area contributed by atoms with E-state index in [1.54, 1.807) is 23.1 Å². The molecule has 0 atom stereocenters. The number of oxazole rings is 1. The number of ketones is 1. The second-order valence-electron chi connectivity index (χ2n) is 10.5. The van der Waals surface area contributed by atoms with Crippen LogP contribution in [0, 0.1) is 0 Å². The minimum atomic E-state index is -4.83. The van der Waals surface area contributed by atoms with Crippen LogP contribution in [0.4, 0.5) is 19.2 Å². The van der Waals surface area contributed by atoms with Gasteiger partial charge >= 0.3 is 12.1 Å². The number of benzene rings is 3. The summed E-state index contributed by atoms with van der Waals surface area (Å²) in [6.45, 7) is 0.960. The fourth-order valence-electron chi connectivity index (χ4n) is 5.84. The normalized spacial score (nSPS) is 15.0. The van der Waals surface area contributed by atoms with Crippen molar-refractivity contribution in [2.45, 2.75) is 37.8 Å². The number of nitrogens with zero attached hydrogens (tertiary/aromatic N) is 2. The highest BCUT2D eigenvalue weighted by Gasteiger charge is 2.42. The van der Waals surface area contributed by atoms with Crippen LogP contribution in [0.5, 0.6) is 0 Å². The van der Waals surface area contributed by atoms with E-state index in [0.29, 0.717) is 36.6 Å². The van der Waals surface area contributed by atoms with E-state index in [0.717, 1.165) is 35.1 Å². The Bertz CT molecular complexity index is 1620. The molecule has 210 valence electrons. The van der Waals surface area contributed by atoms with E-state index in [4.69, 9.17) is 9.15 Å². The molecule has 0 N–H and O–H groups in total. The molecular weight excluding hydrogens is 533 g/mol. The van der Waals surface area contributed by atoms with Crippen molar-refractivity contribution in [2.75, 3.05) is 25.1 Å². The van der Waals surface area contributed by atoms with Gasteiger partial charge < -0.3 is 14.1 Å². The lowest BCUT2D eigenvalue weighted by Gasteiger charge is -2.31. The molecule has 1 aliphatic heterocycles. The third-order valence-electron chi connectivity index (χ3n) is 7.91.